The zero-order chi connectivity index (χ0) is 12.3. The lowest BCUT2D eigenvalue weighted by Gasteiger charge is -2.24. The van der Waals surface area contributed by atoms with E-state index in [2.05, 4.69) is 0 Å². The van der Waals surface area contributed by atoms with E-state index in [4.69, 9.17) is 0 Å². The fourth-order valence-corrected chi connectivity index (χ4v) is 1.15. The third kappa shape index (κ3) is 3.51. The van der Waals surface area contributed by atoms with Crippen LogP contribution in [0.25, 0.3) is 0 Å². The Hall–Kier alpha value is -0.530. The Morgan fingerprint density at radius 1 is 1.27 bits per heavy atom. The van der Waals surface area contributed by atoms with Gasteiger partial charge in [0, 0.05) is 19.3 Å². The second-order valence-electron chi connectivity index (χ2n) is 2.79. The monoisotopic (exact) mass is 251 g/mol. The number of nitrogens with zero attached hydrogens (tertiary/aromatic N) is 1. The molecule has 0 aromatic rings. The molecule has 0 aromatic heterocycles. The summed E-state index contributed by atoms with van der Waals surface area (Å²) in [7, 11) is 0.915. The molecule has 0 saturated heterocycles. The number of hydrogen-bond acceptors (Lipinski definition) is 2. The van der Waals surface area contributed by atoms with Crippen LogP contribution in [0.5, 0.6) is 0 Å². The number of halogens is 5. The Morgan fingerprint density at radius 3 is 2.07 bits per heavy atom. The maximum Gasteiger partial charge on any atom is 0.463 e. The fourth-order valence-electron chi connectivity index (χ4n) is 0.691. The van der Waals surface area contributed by atoms with Crippen LogP contribution in [0.4, 0.5) is 22.0 Å². The largest absolute Gasteiger partial charge is 0.463 e. The van der Waals surface area contributed by atoms with E-state index < -0.39 is 18.0 Å². The van der Waals surface area contributed by atoms with Crippen LogP contribution in [0, 0.1) is 0 Å². The molecule has 0 bridgehead atoms. The van der Waals surface area contributed by atoms with Crippen molar-refractivity contribution in [1.82, 2.24) is 4.90 Å². The van der Waals surface area contributed by atoms with Gasteiger partial charge in [-0.25, -0.2) is 0 Å². The number of rotatable bonds is 4. The predicted molar refractivity (Wildman–Crippen MR) is 47.0 cm³/mol. The van der Waals surface area contributed by atoms with Crippen LogP contribution in [0.15, 0.2) is 0 Å². The molecule has 0 aliphatic heterocycles. The van der Waals surface area contributed by atoms with Crippen LogP contribution in [0.3, 0.4) is 0 Å². The summed E-state index contributed by atoms with van der Waals surface area (Å²) in [5.41, 5.74) is 0. The van der Waals surface area contributed by atoms with Crippen LogP contribution in [-0.4, -0.2) is 48.5 Å². The van der Waals surface area contributed by atoms with E-state index in [-0.39, 0.29) is 6.54 Å². The van der Waals surface area contributed by atoms with Crippen LogP contribution >= 0.6 is 11.8 Å². The lowest BCUT2D eigenvalue weighted by Crippen LogP contribution is -2.51. The topological polar surface area (TPSA) is 20.3 Å². The Balaban J connectivity index is 4.56. The molecule has 0 N–H and O–H groups in total. The van der Waals surface area contributed by atoms with Crippen molar-refractivity contribution >= 4 is 17.7 Å². The molecule has 90 valence electrons. The second-order valence-corrected chi connectivity index (χ2v) is 3.78. The molecule has 0 aliphatic rings. The molecule has 1 amide bonds. The Labute approximate surface area is 87.8 Å². The van der Waals surface area contributed by atoms with Gasteiger partial charge in [0.1, 0.15) is 0 Å². The highest BCUT2D eigenvalue weighted by atomic mass is 32.2. The van der Waals surface area contributed by atoms with Crippen molar-refractivity contribution < 1.29 is 26.7 Å². The third-order valence-electron chi connectivity index (χ3n) is 1.60. The first kappa shape index (κ1) is 14.5. The highest BCUT2D eigenvalue weighted by Crippen LogP contribution is 2.36. The Morgan fingerprint density at radius 2 is 1.73 bits per heavy atom. The molecule has 0 spiro atoms. The van der Waals surface area contributed by atoms with E-state index in [9.17, 15) is 26.7 Å². The molecule has 0 aromatic carbocycles. The molecule has 8 heteroatoms. The lowest BCUT2D eigenvalue weighted by atomic mass is 10.3. The summed E-state index contributed by atoms with van der Waals surface area (Å²) in [6.07, 6.45) is -4.18. The highest BCUT2D eigenvalue weighted by Gasteiger charge is 2.64. The van der Waals surface area contributed by atoms with Crippen LogP contribution in [0.2, 0.25) is 0 Å². The van der Waals surface area contributed by atoms with Crippen molar-refractivity contribution in [3.05, 3.63) is 0 Å². The van der Waals surface area contributed by atoms with Gasteiger partial charge in [0.05, 0.1) is 0 Å². The number of carbonyl (C=O) groups excluding carboxylic acids is 1. The molecule has 0 fully saturated rings. The van der Waals surface area contributed by atoms with Crippen molar-refractivity contribution in [1.29, 1.82) is 0 Å². The number of alkyl halides is 5. The second kappa shape index (κ2) is 5.00. The molecular weight excluding hydrogens is 241 g/mol. The molecule has 15 heavy (non-hydrogen) atoms. The van der Waals surface area contributed by atoms with Gasteiger partial charge in [-0.2, -0.15) is 33.7 Å². The average Bonchev–Trinajstić information content (AvgIpc) is 2.10. The van der Waals surface area contributed by atoms with Crippen molar-refractivity contribution in [2.75, 3.05) is 25.6 Å². The Kier molecular flexibility index (Phi) is 4.82. The maximum absolute atomic E-state index is 12.5. The number of hydrogen-bond donors (Lipinski definition) is 0. The van der Waals surface area contributed by atoms with Crippen molar-refractivity contribution in [2.45, 2.75) is 12.1 Å². The van der Waals surface area contributed by atoms with E-state index in [1.165, 1.54) is 11.8 Å². The van der Waals surface area contributed by atoms with E-state index >= 15 is 0 Å². The molecule has 2 nitrogen and oxygen atoms in total. The van der Waals surface area contributed by atoms with Crippen LogP contribution < -0.4 is 0 Å². The summed E-state index contributed by atoms with van der Waals surface area (Å²) in [6, 6.07) is 0. The molecule has 0 radical (unpaired) electrons. The zero-order valence-corrected chi connectivity index (χ0v) is 8.88. The molecule has 0 rings (SSSR count). The van der Waals surface area contributed by atoms with Gasteiger partial charge in [-0.3, -0.25) is 4.79 Å². The number of thioether (sulfide) groups is 1. The minimum atomic E-state index is -5.84. The van der Waals surface area contributed by atoms with Gasteiger partial charge in [-0.1, -0.05) is 0 Å². The first-order chi connectivity index (χ1) is 6.64. The van der Waals surface area contributed by atoms with Crippen LogP contribution in [-0.2, 0) is 4.79 Å². The van der Waals surface area contributed by atoms with E-state index in [0.717, 1.165) is 7.05 Å². The summed E-state index contributed by atoms with van der Waals surface area (Å²) in [5.74, 6) is -7.22. The van der Waals surface area contributed by atoms with Crippen molar-refractivity contribution in [2.24, 2.45) is 0 Å². The van der Waals surface area contributed by atoms with Gasteiger partial charge in [0.15, 0.2) is 0 Å². The molecule has 0 heterocycles. The van der Waals surface area contributed by atoms with Gasteiger partial charge in [-0.15, -0.1) is 0 Å². The lowest BCUT2D eigenvalue weighted by molar-refractivity contribution is -0.273. The highest BCUT2D eigenvalue weighted by molar-refractivity contribution is 7.98. The van der Waals surface area contributed by atoms with Gasteiger partial charge in [0.25, 0.3) is 0 Å². The third-order valence-corrected chi connectivity index (χ3v) is 2.19. The van der Waals surface area contributed by atoms with Crippen molar-refractivity contribution in [3.8, 4) is 0 Å². The van der Waals surface area contributed by atoms with E-state index in [1.807, 2.05) is 0 Å². The number of carbonyl (C=O) groups is 1. The molecule has 0 saturated carbocycles. The summed E-state index contributed by atoms with van der Waals surface area (Å²) in [6.45, 7) is -0.147. The van der Waals surface area contributed by atoms with Gasteiger partial charge in [0.2, 0.25) is 0 Å². The molecule has 0 aliphatic carbocycles. The molecular formula is C7H10F5NOS. The average molecular weight is 251 g/mol. The van der Waals surface area contributed by atoms with Gasteiger partial charge >= 0.3 is 18.0 Å². The maximum atomic E-state index is 12.5. The van der Waals surface area contributed by atoms with E-state index in [0.29, 0.717) is 10.7 Å². The SMILES string of the molecule is CSCCN(C)C(=O)C(F)(F)C(F)(F)F. The first-order valence-electron chi connectivity index (χ1n) is 3.83. The minimum absolute atomic E-state index is 0.147. The van der Waals surface area contributed by atoms with Gasteiger partial charge < -0.3 is 4.90 Å². The summed E-state index contributed by atoms with van der Waals surface area (Å²) in [4.78, 5) is 11.1. The summed E-state index contributed by atoms with van der Waals surface area (Å²) in [5, 5.41) is 0. The fraction of sp³-hybridized carbons (Fsp3) is 0.857. The predicted octanol–water partition coefficient (Wildman–Crippen LogP) is 2.01. The van der Waals surface area contributed by atoms with Gasteiger partial charge in [-0.05, 0) is 6.26 Å². The molecule has 0 unspecified atom stereocenters. The Bertz CT molecular complexity index is 230. The smallest absolute Gasteiger partial charge is 0.339 e. The number of amides is 1. The van der Waals surface area contributed by atoms with Crippen LogP contribution in [0.1, 0.15) is 0 Å². The van der Waals surface area contributed by atoms with E-state index in [1.54, 1.807) is 6.26 Å². The quantitative estimate of drug-likeness (QED) is 0.712. The molecule has 0 atom stereocenters. The summed E-state index contributed by atoms with van der Waals surface area (Å²) < 4.78 is 60.2. The van der Waals surface area contributed by atoms with Crippen molar-refractivity contribution in [3.63, 3.8) is 0 Å². The normalized spacial score (nSPS) is 12.7. The zero-order valence-electron chi connectivity index (χ0n) is 8.07. The first-order valence-corrected chi connectivity index (χ1v) is 5.23. The minimum Gasteiger partial charge on any atom is -0.339 e. The summed E-state index contributed by atoms with van der Waals surface area (Å²) >= 11 is 1.25. The standard InChI is InChI=1S/C7H10F5NOS/c1-13(3-4-15-2)5(14)6(8,9)7(10,11)12/h3-4H2,1-2H3.